The largest absolute Gasteiger partial charge is 0.348 e. The highest BCUT2D eigenvalue weighted by Gasteiger charge is 2.40. The van der Waals surface area contributed by atoms with E-state index in [4.69, 9.17) is 9.47 Å². The maximum absolute atomic E-state index is 5.72. The van der Waals surface area contributed by atoms with E-state index in [2.05, 4.69) is 15.5 Å². The van der Waals surface area contributed by atoms with Crippen LogP contribution in [0.1, 0.15) is 31.5 Å². The van der Waals surface area contributed by atoms with E-state index in [-0.39, 0.29) is 5.79 Å². The number of hydrogen-bond acceptors (Lipinski definition) is 5. The summed E-state index contributed by atoms with van der Waals surface area (Å²) < 4.78 is 13.4. The van der Waals surface area contributed by atoms with Crippen molar-refractivity contribution < 1.29 is 9.47 Å². The molecule has 6 nitrogen and oxygen atoms in total. The Morgan fingerprint density at radius 1 is 1.39 bits per heavy atom. The molecule has 1 spiro atoms. The van der Waals surface area contributed by atoms with Gasteiger partial charge in [0.05, 0.1) is 19.8 Å². The van der Waals surface area contributed by atoms with Gasteiger partial charge in [0.1, 0.15) is 12.2 Å². The van der Waals surface area contributed by atoms with Gasteiger partial charge in [-0.1, -0.05) is 0 Å². The number of aryl methyl sites for hydroxylation is 1. The van der Waals surface area contributed by atoms with Crippen molar-refractivity contribution in [2.45, 2.75) is 44.1 Å². The predicted molar refractivity (Wildman–Crippen MR) is 64.7 cm³/mol. The first-order valence-electron chi connectivity index (χ1n) is 6.62. The average molecular weight is 252 g/mol. The van der Waals surface area contributed by atoms with Gasteiger partial charge in [0.15, 0.2) is 5.79 Å². The van der Waals surface area contributed by atoms with Crippen LogP contribution in [0.15, 0.2) is 6.33 Å². The van der Waals surface area contributed by atoms with Crippen molar-refractivity contribution in [2.75, 3.05) is 13.2 Å². The third-order valence-corrected chi connectivity index (χ3v) is 3.91. The van der Waals surface area contributed by atoms with Crippen molar-refractivity contribution >= 4 is 0 Å². The zero-order chi connectivity index (χ0) is 12.4. The Balaban J connectivity index is 1.47. The smallest absolute Gasteiger partial charge is 0.168 e. The molecule has 1 saturated heterocycles. The molecule has 1 aromatic rings. The molecule has 2 aliphatic rings. The van der Waals surface area contributed by atoms with Crippen LogP contribution in [0.2, 0.25) is 0 Å². The van der Waals surface area contributed by atoms with E-state index >= 15 is 0 Å². The Morgan fingerprint density at radius 3 is 2.72 bits per heavy atom. The van der Waals surface area contributed by atoms with Crippen LogP contribution >= 0.6 is 0 Å². The normalized spacial score (nSPS) is 23.8. The molecule has 0 aromatic carbocycles. The highest BCUT2D eigenvalue weighted by atomic mass is 16.7. The highest BCUT2D eigenvalue weighted by Crippen LogP contribution is 2.35. The van der Waals surface area contributed by atoms with Gasteiger partial charge in [0.2, 0.25) is 0 Å². The van der Waals surface area contributed by atoms with Gasteiger partial charge in [-0.2, -0.15) is 0 Å². The monoisotopic (exact) mass is 252 g/mol. The predicted octanol–water partition coefficient (Wildman–Crippen LogP) is 0.590. The maximum Gasteiger partial charge on any atom is 0.168 e. The Morgan fingerprint density at radius 2 is 2.11 bits per heavy atom. The molecule has 1 aliphatic heterocycles. The highest BCUT2D eigenvalue weighted by molar-refractivity contribution is 4.88. The van der Waals surface area contributed by atoms with Crippen LogP contribution in [0.25, 0.3) is 0 Å². The molecule has 18 heavy (non-hydrogen) atoms. The van der Waals surface area contributed by atoms with Crippen molar-refractivity contribution in [3.05, 3.63) is 12.2 Å². The number of hydrogen-bond donors (Lipinski definition) is 1. The summed E-state index contributed by atoms with van der Waals surface area (Å²) in [5.74, 6) is 0.715. The molecule has 0 atom stereocenters. The van der Waals surface area contributed by atoms with Crippen molar-refractivity contribution in [1.29, 1.82) is 0 Å². The fourth-order valence-corrected chi connectivity index (χ4v) is 2.75. The van der Waals surface area contributed by atoms with Crippen LogP contribution in [-0.2, 0) is 23.1 Å². The number of ether oxygens (including phenoxy) is 2. The average Bonchev–Trinajstić information content (AvgIpc) is 2.99. The second kappa shape index (κ2) is 4.95. The summed E-state index contributed by atoms with van der Waals surface area (Å²) in [7, 11) is 1.97. The number of rotatable bonds is 3. The van der Waals surface area contributed by atoms with Crippen LogP contribution in [0.5, 0.6) is 0 Å². The first-order valence-corrected chi connectivity index (χ1v) is 6.62. The summed E-state index contributed by atoms with van der Waals surface area (Å²) >= 11 is 0. The van der Waals surface area contributed by atoms with Crippen LogP contribution in [0.4, 0.5) is 0 Å². The van der Waals surface area contributed by atoms with Gasteiger partial charge in [0, 0.05) is 25.9 Å². The van der Waals surface area contributed by atoms with E-state index in [1.807, 2.05) is 11.6 Å². The summed E-state index contributed by atoms with van der Waals surface area (Å²) in [6, 6.07) is 0.528. The van der Waals surface area contributed by atoms with Gasteiger partial charge in [-0.3, -0.25) is 0 Å². The number of nitrogens with one attached hydrogen (secondary N) is 1. The molecule has 0 amide bonds. The Kier molecular flexibility index (Phi) is 3.32. The standard InChI is InChI=1S/C12H20N4O2/c1-16-9-14-15-11(16)8-13-10-2-4-12(5-3-10)17-6-7-18-12/h9-10,13H,2-8H2,1H3. The molecule has 1 saturated carbocycles. The molecule has 0 bridgehead atoms. The quantitative estimate of drug-likeness (QED) is 0.853. The lowest BCUT2D eigenvalue weighted by molar-refractivity contribution is -0.179. The zero-order valence-corrected chi connectivity index (χ0v) is 10.8. The summed E-state index contributed by atoms with van der Waals surface area (Å²) in [5.41, 5.74) is 0. The fourth-order valence-electron chi connectivity index (χ4n) is 2.75. The number of aromatic nitrogens is 3. The first-order chi connectivity index (χ1) is 8.77. The van der Waals surface area contributed by atoms with E-state index in [9.17, 15) is 0 Å². The van der Waals surface area contributed by atoms with Gasteiger partial charge in [-0.15, -0.1) is 10.2 Å². The lowest BCUT2D eigenvalue weighted by Gasteiger charge is -2.35. The van der Waals surface area contributed by atoms with Crippen LogP contribution in [-0.4, -0.2) is 39.8 Å². The molecule has 2 heterocycles. The van der Waals surface area contributed by atoms with Crippen molar-refractivity contribution in [1.82, 2.24) is 20.1 Å². The molecule has 0 unspecified atom stereocenters. The molecule has 2 fully saturated rings. The van der Waals surface area contributed by atoms with E-state index in [0.29, 0.717) is 6.04 Å². The van der Waals surface area contributed by atoms with Crippen LogP contribution < -0.4 is 5.32 Å². The van der Waals surface area contributed by atoms with E-state index < -0.39 is 0 Å². The van der Waals surface area contributed by atoms with Crippen LogP contribution in [0, 0.1) is 0 Å². The SMILES string of the molecule is Cn1cnnc1CNC1CCC2(CC1)OCCO2. The summed E-state index contributed by atoms with van der Waals surface area (Å²) in [5, 5.41) is 11.5. The summed E-state index contributed by atoms with van der Waals surface area (Å²) in [4.78, 5) is 0. The molecular formula is C12H20N4O2. The zero-order valence-electron chi connectivity index (χ0n) is 10.8. The van der Waals surface area contributed by atoms with Crippen molar-refractivity contribution in [3.63, 3.8) is 0 Å². The lowest BCUT2D eigenvalue weighted by Crippen LogP contribution is -2.42. The minimum Gasteiger partial charge on any atom is -0.348 e. The van der Waals surface area contributed by atoms with Gasteiger partial charge < -0.3 is 19.4 Å². The lowest BCUT2D eigenvalue weighted by atomic mass is 9.90. The third-order valence-electron chi connectivity index (χ3n) is 3.91. The molecule has 6 heteroatoms. The maximum atomic E-state index is 5.72. The fraction of sp³-hybridized carbons (Fsp3) is 0.833. The van der Waals surface area contributed by atoms with E-state index in [0.717, 1.165) is 51.3 Å². The topological polar surface area (TPSA) is 61.2 Å². The molecule has 0 radical (unpaired) electrons. The van der Waals surface area contributed by atoms with Gasteiger partial charge in [-0.25, -0.2) is 0 Å². The van der Waals surface area contributed by atoms with E-state index in [1.54, 1.807) is 6.33 Å². The van der Waals surface area contributed by atoms with Gasteiger partial charge in [0.25, 0.3) is 0 Å². The molecule has 3 rings (SSSR count). The molecular weight excluding hydrogens is 232 g/mol. The minimum atomic E-state index is -0.261. The second-order valence-electron chi connectivity index (χ2n) is 5.12. The van der Waals surface area contributed by atoms with Crippen molar-refractivity contribution in [2.24, 2.45) is 7.05 Å². The Hall–Kier alpha value is -0.980. The minimum absolute atomic E-state index is 0.261. The molecule has 100 valence electrons. The Labute approximate surface area is 107 Å². The van der Waals surface area contributed by atoms with Gasteiger partial charge in [-0.05, 0) is 12.8 Å². The van der Waals surface area contributed by atoms with E-state index in [1.165, 1.54) is 0 Å². The Bertz CT molecular complexity index is 391. The molecule has 1 N–H and O–H groups in total. The summed E-state index contributed by atoms with van der Waals surface area (Å²) in [6.45, 7) is 2.27. The van der Waals surface area contributed by atoms with Crippen molar-refractivity contribution in [3.8, 4) is 0 Å². The molecule has 1 aliphatic carbocycles. The van der Waals surface area contributed by atoms with Gasteiger partial charge >= 0.3 is 0 Å². The molecule has 1 aromatic heterocycles. The summed E-state index contributed by atoms with van der Waals surface area (Å²) in [6.07, 6.45) is 5.90. The number of nitrogens with zero attached hydrogens (tertiary/aromatic N) is 3. The van der Waals surface area contributed by atoms with Crippen LogP contribution in [0.3, 0.4) is 0 Å². The third kappa shape index (κ3) is 2.41. The second-order valence-corrected chi connectivity index (χ2v) is 5.12. The first kappa shape index (κ1) is 12.1.